The summed E-state index contributed by atoms with van der Waals surface area (Å²) in [6.07, 6.45) is 7.27. The molecule has 0 bridgehead atoms. The van der Waals surface area contributed by atoms with Crippen LogP contribution in [0.4, 0.5) is 4.39 Å². The fourth-order valence-electron chi connectivity index (χ4n) is 3.16. The van der Waals surface area contributed by atoms with Gasteiger partial charge in [-0.3, -0.25) is 0 Å². The molecule has 0 spiro atoms. The zero-order valence-corrected chi connectivity index (χ0v) is 13.2. The van der Waals surface area contributed by atoms with E-state index in [0.717, 1.165) is 25.1 Å². The van der Waals surface area contributed by atoms with Gasteiger partial charge in [0.2, 0.25) is 0 Å². The Morgan fingerprint density at radius 3 is 2.74 bits per heavy atom. The molecule has 0 unspecified atom stereocenters. The third-order valence-corrected chi connectivity index (χ3v) is 5.08. The van der Waals surface area contributed by atoms with E-state index in [4.69, 9.17) is 0 Å². The van der Waals surface area contributed by atoms with Crippen molar-refractivity contribution in [3.63, 3.8) is 0 Å². The molecule has 1 aromatic carbocycles. The van der Waals surface area contributed by atoms with Crippen molar-refractivity contribution in [2.45, 2.75) is 45.4 Å². The summed E-state index contributed by atoms with van der Waals surface area (Å²) >= 11 is 3.40. The minimum atomic E-state index is -0.146. The maximum absolute atomic E-state index is 13.6. The van der Waals surface area contributed by atoms with Crippen LogP contribution in [0.3, 0.4) is 0 Å². The second-order valence-corrected chi connectivity index (χ2v) is 6.57. The van der Waals surface area contributed by atoms with E-state index in [-0.39, 0.29) is 5.82 Å². The molecule has 1 N–H and O–H groups in total. The molecule has 0 amide bonds. The van der Waals surface area contributed by atoms with Crippen molar-refractivity contribution in [2.24, 2.45) is 5.41 Å². The van der Waals surface area contributed by atoms with E-state index < -0.39 is 0 Å². The van der Waals surface area contributed by atoms with Crippen LogP contribution < -0.4 is 5.32 Å². The number of halogens is 2. The van der Waals surface area contributed by atoms with E-state index in [1.807, 2.05) is 12.1 Å². The first kappa shape index (κ1) is 15.0. The Labute approximate surface area is 124 Å². The lowest BCUT2D eigenvalue weighted by molar-refractivity contribution is 0.277. The van der Waals surface area contributed by atoms with Gasteiger partial charge in [0, 0.05) is 6.54 Å². The quantitative estimate of drug-likeness (QED) is 0.747. The number of hydrogen-bond acceptors (Lipinski definition) is 1. The molecule has 0 aromatic heterocycles. The third kappa shape index (κ3) is 3.79. The molecule has 0 aliphatic heterocycles. The minimum absolute atomic E-state index is 0.146. The van der Waals surface area contributed by atoms with Gasteiger partial charge in [-0.05, 0) is 65.2 Å². The molecule has 0 radical (unpaired) electrons. The molecule has 0 atom stereocenters. The summed E-state index contributed by atoms with van der Waals surface area (Å²) in [6.45, 7) is 4.33. The number of rotatable bonds is 6. The number of nitrogens with one attached hydrogen (secondary N) is 1. The maximum Gasteiger partial charge on any atom is 0.137 e. The molecule has 1 aliphatic carbocycles. The van der Waals surface area contributed by atoms with Gasteiger partial charge in [-0.25, -0.2) is 4.39 Å². The van der Waals surface area contributed by atoms with Gasteiger partial charge in [-0.1, -0.05) is 31.9 Å². The van der Waals surface area contributed by atoms with Gasteiger partial charge < -0.3 is 5.32 Å². The van der Waals surface area contributed by atoms with Crippen molar-refractivity contribution >= 4 is 15.9 Å². The molecule has 19 heavy (non-hydrogen) atoms. The molecule has 1 saturated carbocycles. The first-order chi connectivity index (χ1) is 9.17. The van der Waals surface area contributed by atoms with E-state index in [9.17, 15) is 4.39 Å². The second-order valence-electron chi connectivity index (χ2n) is 5.77. The van der Waals surface area contributed by atoms with Gasteiger partial charge in [-0.2, -0.15) is 0 Å². The van der Waals surface area contributed by atoms with Crippen molar-refractivity contribution in [2.75, 3.05) is 13.1 Å². The summed E-state index contributed by atoms with van der Waals surface area (Å²) in [5.74, 6) is -0.146. The van der Waals surface area contributed by atoms with E-state index in [2.05, 4.69) is 28.2 Å². The summed E-state index contributed by atoms with van der Waals surface area (Å²) in [6, 6.07) is 5.38. The monoisotopic (exact) mass is 327 g/mol. The average Bonchev–Trinajstić information content (AvgIpc) is 2.84. The summed E-state index contributed by atoms with van der Waals surface area (Å²) in [4.78, 5) is 0. The molecule has 3 heteroatoms. The second kappa shape index (κ2) is 6.85. The Morgan fingerprint density at radius 1 is 1.32 bits per heavy atom. The zero-order valence-electron chi connectivity index (χ0n) is 11.6. The molecular formula is C16H23BrFN. The van der Waals surface area contributed by atoms with Crippen LogP contribution in [-0.2, 0) is 6.42 Å². The average molecular weight is 328 g/mol. The highest BCUT2D eigenvalue weighted by Crippen LogP contribution is 2.41. The normalized spacial score (nSPS) is 17.8. The van der Waals surface area contributed by atoms with E-state index >= 15 is 0 Å². The van der Waals surface area contributed by atoms with Crippen molar-refractivity contribution in [1.82, 2.24) is 5.32 Å². The van der Waals surface area contributed by atoms with Crippen molar-refractivity contribution in [3.05, 3.63) is 34.1 Å². The van der Waals surface area contributed by atoms with E-state index in [1.54, 1.807) is 0 Å². The van der Waals surface area contributed by atoms with Crippen molar-refractivity contribution in [1.29, 1.82) is 0 Å². The Bertz CT molecular complexity index is 413. The van der Waals surface area contributed by atoms with Gasteiger partial charge in [0.1, 0.15) is 5.82 Å². The van der Waals surface area contributed by atoms with E-state index in [0.29, 0.717) is 9.89 Å². The minimum Gasteiger partial charge on any atom is -0.316 e. The van der Waals surface area contributed by atoms with Crippen molar-refractivity contribution < 1.29 is 4.39 Å². The molecule has 2 rings (SSSR count). The summed E-state index contributed by atoms with van der Waals surface area (Å²) in [5.41, 5.74) is 1.44. The predicted octanol–water partition coefficient (Wildman–Crippen LogP) is 4.69. The highest BCUT2D eigenvalue weighted by Gasteiger charge is 2.34. The molecule has 0 heterocycles. The Morgan fingerprint density at radius 2 is 2.05 bits per heavy atom. The molecular weight excluding hydrogens is 305 g/mol. The lowest BCUT2D eigenvalue weighted by Crippen LogP contribution is -2.34. The molecule has 1 aliphatic rings. The summed E-state index contributed by atoms with van der Waals surface area (Å²) < 4.78 is 14.3. The van der Waals surface area contributed by atoms with Gasteiger partial charge in [-0.15, -0.1) is 0 Å². The van der Waals surface area contributed by atoms with Crippen LogP contribution in [0.1, 0.15) is 44.6 Å². The molecule has 1 fully saturated rings. The molecule has 0 saturated heterocycles. The Kier molecular flexibility index (Phi) is 5.40. The maximum atomic E-state index is 13.6. The Balaban J connectivity index is 2.09. The lowest BCUT2D eigenvalue weighted by atomic mass is 9.80. The van der Waals surface area contributed by atoms with Crippen LogP contribution in [-0.4, -0.2) is 13.1 Å². The van der Waals surface area contributed by atoms with Crippen LogP contribution in [0, 0.1) is 11.2 Å². The molecule has 1 aromatic rings. The first-order valence-electron chi connectivity index (χ1n) is 7.30. The standard InChI is InChI=1S/C16H23BrFN/c1-2-10-19-12-16(8-3-4-9-16)11-13-6-5-7-14(18)15(13)17/h5-7,19H,2-4,8-12H2,1H3. The highest BCUT2D eigenvalue weighted by molar-refractivity contribution is 9.10. The van der Waals surface area contributed by atoms with Crippen LogP contribution in [0.25, 0.3) is 0 Å². The van der Waals surface area contributed by atoms with Gasteiger partial charge in [0.15, 0.2) is 0 Å². The fraction of sp³-hybridized carbons (Fsp3) is 0.625. The van der Waals surface area contributed by atoms with Crippen LogP contribution in [0.15, 0.2) is 22.7 Å². The van der Waals surface area contributed by atoms with Crippen molar-refractivity contribution in [3.8, 4) is 0 Å². The van der Waals surface area contributed by atoms with Crippen LogP contribution in [0.5, 0.6) is 0 Å². The van der Waals surface area contributed by atoms with Crippen LogP contribution >= 0.6 is 15.9 Å². The third-order valence-electron chi connectivity index (χ3n) is 4.19. The predicted molar refractivity (Wildman–Crippen MR) is 81.9 cm³/mol. The Hall–Kier alpha value is -0.410. The van der Waals surface area contributed by atoms with Gasteiger partial charge in [0.05, 0.1) is 4.47 Å². The van der Waals surface area contributed by atoms with Crippen LogP contribution in [0.2, 0.25) is 0 Å². The largest absolute Gasteiger partial charge is 0.316 e. The SMILES string of the molecule is CCCNCC1(Cc2cccc(F)c2Br)CCCC1. The van der Waals surface area contributed by atoms with Gasteiger partial charge >= 0.3 is 0 Å². The molecule has 1 nitrogen and oxygen atoms in total. The summed E-state index contributed by atoms with van der Waals surface area (Å²) in [5, 5.41) is 3.56. The molecule has 106 valence electrons. The number of benzene rings is 1. The number of hydrogen-bond donors (Lipinski definition) is 1. The van der Waals surface area contributed by atoms with E-state index in [1.165, 1.54) is 38.2 Å². The zero-order chi connectivity index (χ0) is 13.7. The van der Waals surface area contributed by atoms with Gasteiger partial charge in [0.25, 0.3) is 0 Å². The topological polar surface area (TPSA) is 12.0 Å². The first-order valence-corrected chi connectivity index (χ1v) is 8.10. The smallest absolute Gasteiger partial charge is 0.137 e. The summed E-state index contributed by atoms with van der Waals surface area (Å²) in [7, 11) is 0. The fourth-order valence-corrected chi connectivity index (χ4v) is 3.56. The lowest BCUT2D eigenvalue weighted by Gasteiger charge is -2.30. The highest BCUT2D eigenvalue weighted by atomic mass is 79.9.